The number of nitrogens with one attached hydrogen (secondary N) is 2. The number of amidine groups is 2. The molecule has 0 bridgehead atoms. The highest BCUT2D eigenvalue weighted by Gasteiger charge is 2.19. The largest absolute Gasteiger partial charge is 0.348 e. The van der Waals surface area contributed by atoms with Crippen LogP contribution in [0.3, 0.4) is 0 Å². The van der Waals surface area contributed by atoms with Gasteiger partial charge in [0, 0.05) is 26.2 Å². The minimum absolute atomic E-state index is 0. The van der Waals surface area contributed by atoms with E-state index in [2.05, 4.69) is 9.80 Å². The van der Waals surface area contributed by atoms with Gasteiger partial charge in [-0.25, -0.2) is 0 Å². The van der Waals surface area contributed by atoms with E-state index < -0.39 is 0 Å². The van der Waals surface area contributed by atoms with Crippen LogP contribution in [-0.4, -0.2) is 58.8 Å². The number of rotatable bonds is 0. The molecule has 1 rings (SSSR count). The third-order valence-corrected chi connectivity index (χ3v) is 3.53. The molecule has 0 aromatic heterocycles. The molecule has 8 heteroatoms. The van der Waals surface area contributed by atoms with Gasteiger partial charge in [0.25, 0.3) is 0 Å². The minimum atomic E-state index is 0. The van der Waals surface area contributed by atoms with Gasteiger partial charge in [-0.1, -0.05) is 23.5 Å². The summed E-state index contributed by atoms with van der Waals surface area (Å²) in [5, 5.41) is 16.6. The molecule has 0 saturated carbocycles. The topological polar surface area (TPSA) is 54.2 Å². The second-order valence-corrected chi connectivity index (χ2v) is 4.58. The van der Waals surface area contributed by atoms with Crippen LogP contribution in [0.15, 0.2) is 0 Å². The third kappa shape index (κ3) is 5.03. The molecule has 96 valence electrons. The Labute approximate surface area is 118 Å². The third-order valence-electron chi connectivity index (χ3n) is 2.24. The molecule has 2 N–H and O–H groups in total. The maximum absolute atomic E-state index is 7.66. The molecular weight excluding hydrogens is 287 g/mol. The van der Waals surface area contributed by atoms with Crippen molar-refractivity contribution in [2.24, 2.45) is 0 Å². The van der Waals surface area contributed by atoms with Crippen molar-refractivity contribution < 1.29 is 0 Å². The van der Waals surface area contributed by atoms with Gasteiger partial charge in [-0.2, -0.15) is 0 Å². The van der Waals surface area contributed by atoms with Crippen LogP contribution < -0.4 is 0 Å². The van der Waals surface area contributed by atoms with Crippen LogP contribution >= 0.6 is 48.3 Å². The van der Waals surface area contributed by atoms with Gasteiger partial charge in [0.1, 0.15) is 0 Å². The van der Waals surface area contributed by atoms with E-state index in [0.717, 1.165) is 26.2 Å². The number of piperazine rings is 1. The normalized spacial score (nSPS) is 14.9. The van der Waals surface area contributed by atoms with Gasteiger partial charge in [0.15, 0.2) is 10.3 Å². The van der Waals surface area contributed by atoms with Crippen molar-refractivity contribution in [2.75, 3.05) is 38.7 Å². The average Bonchev–Trinajstić information content (AvgIpc) is 2.27. The summed E-state index contributed by atoms with van der Waals surface area (Å²) in [4.78, 5) is 4.13. The van der Waals surface area contributed by atoms with E-state index in [9.17, 15) is 0 Å². The lowest BCUT2D eigenvalue weighted by molar-refractivity contribution is 0.264. The fourth-order valence-electron chi connectivity index (χ4n) is 1.37. The Balaban J connectivity index is 0. The fraction of sp³-hybridized carbons (Fsp3) is 0.750. The second kappa shape index (κ2) is 9.27. The zero-order valence-electron chi connectivity index (χ0n) is 9.36. The zero-order chi connectivity index (χ0) is 10.6. The molecule has 0 aromatic carbocycles. The molecule has 0 amide bonds. The van der Waals surface area contributed by atoms with Crippen LogP contribution in [0.5, 0.6) is 0 Å². The molecule has 1 fully saturated rings. The Morgan fingerprint density at radius 1 is 0.812 bits per heavy atom. The highest BCUT2D eigenvalue weighted by atomic mass is 35.5. The summed E-state index contributed by atoms with van der Waals surface area (Å²) in [6.07, 6.45) is 3.86. The predicted molar refractivity (Wildman–Crippen MR) is 80.1 cm³/mol. The molecule has 0 aliphatic carbocycles. The summed E-state index contributed by atoms with van der Waals surface area (Å²) in [6.45, 7) is 3.45. The number of hydrogen-bond acceptors (Lipinski definition) is 4. The maximum atomic E-state index is 7.66. The first-order chi connectivity index (χ1) is 6.69. The van der Waals surface area contributed by atoms with Crippen LogP contribution in [0.25, 0.3) is 0 Å². The highest BCUT2D eigenvalue weighted by molar-refractivity contribution is 8.13. The van der Waals surface area contributed by atoms with Gasteiger partial charge >= 0.3 is 0 Å². The number of halogens is 2. The summed E-state index contributed by atoms with van der Waals surface area (Å²) in [6, 6.07) is 0. The minimum Gasteiger partial charge on any atom is -0.348 e. The highest BCUT2D eigenvalue weighted by Crippen LogP contribution is 2.11. The molecule has 1 heterocycles. The lowest BCUT2D eigenvalue weighted by Gasteiger charge is -2.36. The quantitative estimate of drug-likeness (QED) is 0.531. The van der Waals surface area contributed by atoms with Crippen molar-refractivity contribution in [3.63, 3.8) is 0 Å². The monoisotopic (exact) mass is 304 g/mol. The molecule has 1 aliphatic heterocycles. The van der Waals surface area contributed by atoms with Crippen LogP contribution in [0, 0.1) is 10.8 Å². The molecular formula is C8H18Cl2N4S2. The van der Waals surface area contributed by atoms with Crippen molar-refractivity contribution in [3.05, 3.63) is 0 Å². The SMILES string of the molecule is CSC(=N)N1CCN(C(=N)SC)CC1.Cl.Cl. The van der Waals surface area contributed by atoms with Gasteiger partial charge in [-0.3, -0.25) is 10.8 Å². The summed E-state index contributed by atoms with van der Waals surface area (Å²) < 4.78 is 0. The summed E-state index contributed by atoms with van der Waals surface area (Å²) in [7, 11) is 0. The Morgan fingerprint density at radius 3 is 1.25 bits per heavy atom. The van der Waals surface area contributed by atoms with Gasteiger partial charge in [0.2, 0.25) is 0 Å². The van der Waals surface area contributed by atoms with Crippen LogP contribution in [0.2, 0.25) is 0 Å². The standard InChI is InChI=1S/C8H16N4S2.2ClH/c1-13-7(9)11-3-5-12(6-4-11)8(10)14-2;;/h9-10H,3-6H2,1-2H3;2*1H. The fourth-order valence-corrected chi connectivity index (χ4v) is 2.25. The average molecular weight is 305 g/mol. The van der Waals surface area contributed by atoms with Gasteiger partial charge in [-0.15, -0.1) is 24.8 Å². The predicted octanol–water partition coefficient (Wildman–Crippen LogP) is 2.04. The van der Waals surface area contributed by atoms with E-state index >= 15 is 0 Å². The molecule has 0 unspecified atom stereocenters. The Kier molecular flexibility index (Phi) is 10.8. The van der Waals surface area contributed by atoms with Crippen molar-refractivity contribution in [1.29, 1.82) is 10.8 Å². The molecule has 0 radical (unpaired) electrons. The maximum Gasteiger partial charge on any atom is 0.156 e. The van der Waals surface area contributed by atoms with Crippen molar-refractivity contribution in [2.45, 2.75) is 0 Å². The second-order valence-electron chi connectivity index (χ2n) is 2.99. The van der Waals surface area contributed by atoms with Gasteiger partial charge < -0.3 is 9.80 Å². The number of nitrogens with zero attached hydrogens (tertiary/aromatic N) is 2. The lowest BCUT2D eigenvalue weighted by Crippen LogP contribution is -2.49. The Hall–Kier alpha value is 0.220. The first-order valence-corrected chi connectivity index (χ1v) is 6.89. The molecule has 16 heavy (non-hydrogen) atoms. The number of thioether (sulfide) groups is 2. The van der Waals surface area contributed by atoms with Crippen molar-refractivity contribution in [1.82, 2.24) is 9.80 Å². The van der Waals surface area contributed by atoms with Crippen molar-refractivity contribution >= 4 is 58.7 Å². The summed E-state index contributed by atoms with van der Waals surface area (Å²) >= 11 is 2.96. The zero-order valence-corrected chi connectivity index (χ0v) is 12.6. The first-order valence-electron chi connectivity index (χ1n) is 4.44. The molecule has 1 aliphatic rings. The summed E-state index contributed by atoms with van der Waals surface area (Å²) in [5.74, 6) is 0. The van der Waals surface area contributed by atoms with Crippen LogP contribution in [0.4, 0.5) is 0 Å². The van der Waals surface area contributed by atoms with E-state index in [0.29, 0.717) is 10.3 Å². The van der Waals surface area contributed by atoms with Crippen LogP contribution in [0.1, 0.15) is 0 Å². The van der Waals surface area contributed by atoms with Gasteiger partial charge in [-0.05, 0) is 12.5 Å². The molecule has 1 saturated heterocycles. The Bertz CT molecular complexity index is 208. The van der Waals surface area contributed by atoms with Crippen molar-refractivity contribution in [3.8, 4) is 0 Å². The smallest absolute Gasteiger partial charge is 0.156 e. The molecule has 0 atom stereocenters. The van der Waals surface area contributed by atoms with E-state index in [4.69, 9.17) is 10.8 Å². The molecule has 4 nitrogen and oxygen atoms in total. The first kappa shape index (κ1) is 18.6. The van der Waals surface area contributed by atoms with E-state index in [-0.39, 0.29) is 24.8 Å². The van der Waals surface area contributed by atoms with E-state index in [1.807, 2.05) is 12.5 Å². The van der Waals surface area contributed by atoms with E-state index in [1.54, 1.807) is 0 Å². The molecule has 0 spiro atoms. The van der Waals surface area contributed by atoms with E-state index in [1.165, 1.54) is 23.5 Å². The van der Waals surface area contributed by atoms with Crippen LogP contribution in [-0.2, 0) is 0 Å². The lowest BCUT2D eigenvalue weighted by atomic mass is 10.3. The van der Waals surface area contributed by atoms with Gasteiger partial charge in [0.05, 0.1) is 0 Å². The molecule has 0 aromatic rings. The Morgan fingerprint density at radius 2 is 1.06 bits per heavy atom. The summed E-state index contributed by atoms with van der Waals surface area (Å²) in [5.41, 5.74) is 0. The number of hydrogen-bond donors (Lipinski definition) is 2.